The maximum absolute atomic E-state index is 13.3. The summed E-state index contributed by atoms with van der Waals surface area (Å²) in [5.41, 5.74) is 0.0247. The Morgan fingerprint density at radius 2 is 2.21 bits per heavy atom. The van der Waals surface area contributed by atoms with Gasteiger partial charge in [0.2, 0.25) is 11.8 Å². The molecule has 0 radical (unpaired) electrons. The molecule has 1 aliphatic rings. The van der Waals surface area contributed by atoms with Crippen LogP contribution in [0.4, 0.5) is 13.6 Å². The molecule has 1 aromatic heterocycles. The Balaban J connectivity index is 1.63. The van der Waals surface area contributed by atoms with Crippen LogP contribution in [0.3, 0.4) is 0 Å². The smallest absolute Gasteiger partial charge is 0.409 e. The number of nitrogens with zero attached hydrogens (tertiary/aromatic N) is 3. The van der Waals surface area contributed by atoms with Crippen LogP contribution in [0.5, 0.6) is 0 Å². The molecule has 0 N–H and O–H groups in total. The van der Waals surface area contributed by atoms with Gasteiger partial charge < -0.3 is 14.1 Å². The van der Waals surface area contributed by atoms with E-state index in [9.17, 15) is 13.6 Å². The molecule has 0 saturated carbocycles. The molecule has 0 bridgehead atoms. The van der Waals surface area contributed by atoms with Crippen molar-refractivity contribution < 1.29 is 22.7 Å². The maximum atomic E-state index is 13.3. The minimum atomic E-state index is -0.518. The summed E-state index contributed by atoms with van der Waals surface area (Å²) in [5, 5.41) is 7.96. The number of amides is 1. The van der Waals surface area contributed by atoms with E-state index >= 15 is 0 Å². The lowest BCUT2D eigenvalue weighted by Crippen LogP contribution is -2.59. The third kappa shape index (κ3) is 3.22. The highest BCUT2D eigenvalue weighted by molar-refractivity contribution is 5.69. The molecule has 0 unspecified atom stereocenters. The number of aromatic nitrogens is 2. The Morgan fingerprint density at radius 1 is 1.42 bits per heavy atom. The number of hydrogen-bond acceptors (Lipinski definition) is 5. The summed E-state index contributed by atoms with van der Waals surface area (Å²) in [5.74, 6) is 0.230. The zero-order valence-corrected chi connectivity index (χ0v) is 13.2. The standard InChI is InChI=1S/C16H17F2N3O3/c1-16(9-21(10-16)15(22)23-7-3-6-17)14-20-19-13(24-14)11-4-2-5-12(18)8-11/h2,4-5,8H,3,6-7,9-10H2,1H3. The highest BCUT2D eigenvalue weighted by Gasteiger charge is 2.47. The molecule has 0 aliphatic carbocycles. The second-order valence-corrected chi connectivity index (χ2v) is 6.00. The molecule has 128 valence electrons. The van der Waals surface area contributed by atoms with E-state index in [1.54, 1.807) is 12.1 Å². The third-order valence-corrected chi connectivity index (χ3v) is 3.85. The molecule has 2 aromatic rings. The van der Waals surface area contributed by atoms with E-state index < -0.39 is 18.2 Å². The van der Waals surface area contributed by atoms with Crippen molar-refractivity contribution in [2.24, 2.45) is 0 Å². The molecule has 1 amide bonds. The molecule has 1 fully saturated rings. The summed E-state index contributed by atoms with van der Waals surface area (Å²) < 4.78 is 35.8. The lowest BCUT2D eigenvalue weighted by molar-refractivity contribution is 0.0329. The van der Waals surface area contributed by atoms with Gasteiger partial charge in [0.15, 0.2) is 0 Å². The number of carbonyl (C=O) groups excluding carboxylic acids is 1. The summed E-state index contributed by atoms with van der Waals surface area (Å²) in [6.07, 6.45) is -0.289. The molecule has 6 nitrogen and oxygen atoms in total. The van der Waals surface area contributed by atoms with E-state index in [1.165, 1.54) is 17.0 Å². The summed E-state index contributed by atoms with van der Waals surface area (Å²) in [7, 11) is 0. The Labute approximate surface area is 137 Å². The van der Waals surface area contributed by atoms with Crippen LogP contribution in [-0.4, -0.2) is 47.6 Å². The van der Waals surface area contributed by atoms with Gasteiger partial charge in [-0.1, -0.05) is 6.07 Å². The monoisotopic (exact) mass is 337 g/mol. The van der Waals surface area contributed by atoms with Gasteiger partial charge in [-0.15, -0.1) is 10.2 Å². The number of carbonyl (C=O) groups is 1. The zero-order valence-electron chi connectivity index (χ0n) is 13.2. The fourth-order valence-electron chi connectivity index (χ4n) is 2.57. The molecule has 0 spiro atoms. The van der Waals surface area contributed by atoms with Gasteiger partial charge in [-0.25, -0.2) is 9.18 Å². The number of hydrogen-bond donors (Lipinski definition) is 0. The van der Waals surface area contributed by atoms with Gasteiger partial charge in [0.1, 0.15) is 5.82 Å². The Hall–Kier alpha value is -2.51. The zero-order chi connectivity index (χ0) is 17.2. The van der Waals surface area contributed by atoms with Gasteiger partial charge in [-0.2, -0.15) is 0 Å². The van der Waals surface area contributed by atoms with Crippen molar-refractivity contribution in [3.8, 4) is 11.5 Å². The minimum absolute atomic E-state index is 0.0623. The van der Waals surface area contributed by atoms with Crippen LogP contribution in [0.1, 0.15) is 19.2 Å². The highest BCUT2D eigenvalue weighted by atomic mass is 19.1. The van der Waals surface area contributed by atoms with Crippen molar-refractivity contribution in [3.05, 3.63) is 36.0 Å². The fourth-order valence-corrected chi connectivity index (χ4v) is 2.57. The van der Waals surface area contributed by atoms with Crippen molar-refractivity contribution in [1.29, 1.82) is 0 Å². The number of alkyl halides is 1. The first-order chi connectivity index (χ1) is 11.5. The number of ether oxygens (including phenoxy) is 1. The molecular weight excluding hydrogens is 320 g/mol. The largest absolute Gasteiger partial charge is 0.449 e. The van der Waals surface area contributed by atoms with E-state index in [1.807, 2.05) is 6.92 Å². The lowest BCUT2D eigenvalue weighted by atomic mass is 9.82. The van der Waals surface area contributed by atoms with Crippen LogP contribution in [-0.2, 0) is 10.2 Å². The highest BCUT2D eigenvalue weighted by Crippen LogP contribution is 2.35. The predicted molar refractivity (Wildman–Crippen MR) is 80.6 cm³/mol. The lowest BCUT2D eigenvalue weighted by Gasteiger charge is -2.44. The predicted octanol–water partition coefficient (Wildman–Crippen LogP) is 2.95. The van der Waals surface area contributed by atoms with E-state index in [0.717, 1.165) is 0 Å². The van der Waals surface area contributed by atoms with Crippen LogP contribution in [0.25, 0.3) is 11.5 Å². The van der Waals surface area contributed by atoms with Gasteiger partial charge in [-0.3, -0.25) is 4.39 Å². The van der Waals surface area contributed by atoms with Crippen LogP contribution in [0, 0.1) is 5.82 Å². The second kappa shape index (κ2) is 6.54. The average molecular weight is 337 g/mol. The van der Waals surface area contributed by atoms with Crippen LogP contribution >= 0.6 is 0 Å². The average Bonchev–Trinajstić information content (AvgIpc) is 3.02. The van der Waals surface area contributed by atoms with E-state index in [4.69, 9.17) is 9.15 Å². The summed E-state index contributed by atoms with van der Waals surface area (Å²) in [6, 6.07) is 5.89. The molecule has 1 saturated heterocycles. The Kier molecular flexibility index (Phi) is 4.46. The summed E-state index contributed by atoms with van der Waals surface area (Å²) in [4.78, 5) is 13.2. The van der Waals surface area contributed by atoms with Crippen molar-refractivity contribution in [1.82, 2.24) is 15.1 Å². The van der Waals surface area contributed by atoms with Crippen LogP contribution < -0.4 is 0 Å². The molecule has 2 heterocycles. The topological polar surface area (TPSA) is 68.5 Å². The van der Waals surface area contributed by atoms with Crippen LogP contribution in [0.15, 0.2) is 28.7 Å². The normalized spacial score (nSPS) is 15.9. The minimum Gasteiger partial charge on any atom is -0.449 e. The van der Waals surface area contributed by atoms with Crippen molar-refractivity contribution >= 4 is 6.09 Å². The quantitative estimate of drug-likeness (QED) is 0.785. The number of likely N-dealkylation sites (tertiary alicyclic amines) is 1. The molecule has 3 rings (SSSR count). The first-order valence-corrected chi connectivity index (χ1v) is 7.59. The van der Waals surface area contributed by atoms with E-state index in [2.05, 4.69) is 10.2 Å². The molecule has 8 heteroatoms. The number of benzene rings is 1. The van der Waals surface area contributed by atoms with Crippen LogP contribution in [0.2, 0.25) is 0 Å². The summed E-state index contributed by atoms with van der Waals surface area (Å²) in [6.45, 7) is 2.17. The SMILES string of the molecule is CC1(c2nnc(-c3cccc(F)c3)o2)CN(C(=O)OCCCF)C1. The van der Waals surface area contributed by atoms with Gasteiger partial charge >= 0.3 is 6.09 Å². The molecule has 0 atom stereocenters. The molecule has 1 aromatic carbocycles. The Morgan fingerprint density at radius 3 is 2.92 bits per heavy atom. The number of rotatable bonds is 5. The van der Waals surface area contributed by atoms with Crippen molar-refractivity contribution in [2.45, 2.75) is 18.8 Å². The van der Waals surface area contributed by atoms with Gasteiger partial charge in [-0.05, 0) is 25.1 Å². The first kappa shape index (κ1) is 16.4. The van der Waals surface area contributed by atoms with E-state index in [0.29, 0.717) is 24.5 Å². The number of halogens is 2. The van der Waals surface area contributed by atoms with Crippen molar-refractivity contribution in [2.75, 3.05) is 26.4 Å². The Bertz CT molecular complexity index is 729. The summed E-state index contributed by atoms with van der Waals surface area (Å²) >= 11 is 0. The molecule has 1 aliphatic heterocycles. The fraction of sp³-hybridized carbons (Fsp3) is 0.438. The molecular formula is C16H17F2N3O3. The third-order valence-electron chi connectivity index (χ3n) is 3.85. The maximum Gasteiger partial charge on any atom is 0.409 e. The van der Waals surface area contributed by atoms with E-state index in [-0.39, 0.29) is 24.7 Å². The van der Waals surface area contributed by atoms with Gasteiger partial charge in [0, 0.05) is 25.1 Å². The van der Waals surface area contributed by atoms with Gasteiger partial charge in [0.25, 0.3) is 0 Å². The molecule has 24 heavy (non-hydrogen) atoms. The van der Waals surface area contributed by atoms with Crippen molar-refractivity contribution in [3.63, 3.8) is 0 Å². The second-order valence-electron chi connectivity index (χ2n) is 6.00. The van der Waals surface area contributed by atoms with Gasteiger partial charge in [0.05, 0.1) is 18.7 Å². The first-order valence-electron chi connectivity index (χ1n) is 7.59.